The SMILES string of the molecule is CC/C=C\C/C=C\C/C=C\CCCCCCCC(=O)OC[C@@H](COC(=O)CCCC/C=C\C/C=C\C/C=C\CCCCC)OC(=O)CCCCCCC/C=C\C/C=C\C/C=C\CC. The molecule has 0 N–H and O–H groups in total. The second-order valence-corrected chi connectivity index (χ2v) is 16.3. The molecule has 0 aromatic rings. The number of rotatable bonds is 44. The molecule has 0 amide bonds. The van der Waals surface area contributed by atoms with Crippen molar-refractivity contribution < 1.29 is 28.6 Å². The molecule has 0 aliphatic carbocycles. The van der Waals surface area contributed by atoms with Crippen molar-refractivity contribution in [1.82, 2.24) is 0 Å². The van der Waals surface area contributed by atoms with Gasteiger partial charge in [0.15, 0.2) is 6.10 Å². The molecule has 0 saturated heterocycles. The molecule has 6 heteroatoms. The van der Waals surface area contributed by atoms with Gasteiger partial charge in [-0.05, 0) is 122 Å². The number of esters is 3. The van der Waals surface area contributed by atoms with Crippen LogP contribution >= 0.6 is 0 Å². The van der Waals surface area contributed by atoms with Gasteiger partial charge in [0.1, 0.15) is 13.2 Å². The van der Waals surface area contributed by atoms with E-state index >= 15 is 0 Å². The fraction of sp³-hybridized carbons (Fsp3) is 0.632. The van der Waals surface area contributed by atoms with Gasteiger partial charge in [0, 0.05) is 19.3 Å². The summed E-state index contributed by atoms with van der Waals surface area (Å²) in [4.78, 5) is 38.0. The summed E-state index contributed by atoms with van der Waals surface area (Å²) in [5.41, 5.74) is 0. The second-order valence-electron chi connectivity index (χ2n) is 16.3. The molecule has 0 fully saturated rings. The molecule has 1 atom stereocenters. The zero-order valence-electron chi connectivity index (χ0n) is 40.5. The lowest BCUT2D eigenvalue weighted by atomic mass is 10.1. The molecule has 0 heterocycles. The second kappa shape index (κ2) is 50.7. The minimum Gasteiger partial charge on any atom is -0.462 e. The van der Waals surface area contributed by atoms with Gasteiger partial charge in [-0.2, -0.15) is 0 Å². The number of carbonyl (C=O) groups excluding carboxylic acids is 3. The summed E-state index contributed by atoms with van der Waals surface area (Å²) >= 11 is 0. The van der Waals surface area contributed by atoms with Crippen LogP contribution in [0.3, 0.4) is 0 Å². The quantitative estimate of drug-likeness (QED) is 0.0263. The molecular formula is C57H92O6. The van der Waals surface area contributed by atoms with Crippen molar-refractivity contribution in [3.8, 4) is 0 Å². The van der Waals surface area contributed by atoms with Crippen LogP contribution in [-0.4, -0.2) is 37.2 Å². The van der Waals surface area contributed by atoms with Crippen molar-refractivity contribution in [2.45, 2.75) is 219 Å². The van der Waals surface area contributed by atoms with Crippen LogP contribution in [-0.2, 0) is 28.6 Å². The van der Waals surface area contributed by atoms with Crippen molar-refractivity contribution >= 4 is 17.9 Å². The monoisotopic (exact) mass is 873 g/mol. The minimum absolute atomic E-state index is 0.109. The molecule has 63 heavy (non-hydrogen) atoms. The van der Waals surface area contributed by atoms with Crippen molar-refractivity contribution in [3.05, 3.63) is 109 Å². The molecule has 0 aliphatic heterocycles. The van der Waals surface area contributed by atoms with Crippen molar-refractivity contribution in [2.24, 2.45) is 0 Å². The first-order chi connectivity index (χ1) is 31.0. The Bertz CT molecular complexity index is 1330. The van der Waals surface area contributed by atoms with E-state index in [-0.39, 0.29) is 31.1 Å². The highest BCUT2D eigenvalue weighted by molar-refractivity contribution is 5.71. The molecule has 6 nitrogen and oxygen atoms in total. The predicted molar refractivity (Wildman–Crippen MR) is 270 cm³/mol. The zero-order valence-corrected chi connectivity index (χ0v) is 40.5. The van der Waals surface area contributed by atoms with Crippen molar-refractivity contribution in [2.75, 3.05) is 13.2 Å². The number of carbonyl (C=O) groups is 3. The van der Waals surface area contributed by atoms with Gasteiger partial charge in [-0.15, -0.1) is 0 Å². The van der Waals surface area contributed by atoms with Crippen LogP contribution in [0.25, 0.3) is 0 Å². The van der Waals surface area contributed by atoms with Crippen molar-refractivity contribution in [3.63, 3.8) is 0 Å². The fourth-order valence-electron chi connectivity index (χ4n) is 6.48. The Labute approximate surface area is 387 Å². The van der Waals surface area contributed by atoms with Crippen molar-refractivity contribution in [1.29, 1.82) is 0 Å². The van der Waals surface area contributed by atoms with Crippen LogP contribution in [0.2, 0.25) is 0 Å². The van der Waals surface area contributed by atoms with Gasteiger partial charge in [0.2, 0.25) is 0 Å². The van der Waals surface area contributed by atoms with Crippen LogP contribution in [0.5, 0.6) is 0 Å². The van der Waals surface area contributed by atoms with E-state index in [0.29, 0.717) is 19.3 Å². The van der Waals surface area contributed by atoms with E-state index in [1.807, 2.05) is 0 Å². The van der Waals surface area contributed by atoms with E-state index in [2.05, 4.69) is 130 Å². The molecule has 0 rings (SSSR count). The van der Waals surface area contributed by atoms with E-state index in [0.717, 1.165) is 148 Å². The molecule has 0 saturated carbocycles. The lowest BCUT2D eigenvalue weighted by Crippen LogP contribution is -2.30. The van der Waals surface area contributed by atoms with Gasteiger partial charge in [-0.3, -0.25) is 14.4 Å². The average molecular weight is 873 g/mol. The Morgan fingerprint density at radius 2 is 0.619 bits per heavy atom. The van der Waals surface area contributed by atoms with Gasteiger partial charge < -0.3 is 14.2 Å². The Hall–Kier alpha value is -3.93. The first kappa shape index (κ1) is 59.1. The molecule has 0 spiro atoms. The van der Waals surface area contributed by atoms with Gasteiger partial charge in [-0.1, -0.05) is 182 Å². The molecule has 0 aromatic heterocycles. The summed E-state index contributed by atoms with van der Waals surface area (Å²) in [6, 6.07) is 0. The van der Waals surface area contributed by atoms with Crippen LogP contribution in [0.15, 0.2) is 109 Å². The lowest BCUT2D eigenvalue weighted by molar-refractivity contribution is -0.167. The van der Waals surface area contributed by atoms with Gasteiger partial charge in [0.05, 0.1) is 0 Å². The number of ether oxygens (including phenoxy) is 3. The molecule has 0 aromatic carbocycles. The summed E-state index contributed by atoms with van der Waals surface area (Å²) in [5, 5.41) is 0. The summed E-state index contributed by atoms with van der Waals surface area (Å²) in [5.74, 6) is -0.987. The first-order valence-electron chi connectivity index (χ1n) is 25.4. The Balaban J connectivity index is 4.53. The maximum absolute atomic E-state index is 12.8. The number of allylic oxidation sites excluding steroid dienone is 18. The lowest BCUT2D eigenvalue weighted by Gasteiger charge is -2.18. The average Bonchev–Trinajstić information content (AvgIpc) is 3.28. The summed E-state index contributed by atoms with van der Waals surface area (Å²) < 4.78 is 16.7. The number of hydrogen-bond donors (Lipinski definition) is 0. The summed E-state index contributed by atoms with van der Waals surface area (Å²) in [6.45, 7) is 6.30. The largest absolute Gasteiger partial charge is 0.462 e. The predicted octanol–water partition coefficient (Wildman–Crippen LogP) is 16.8. The van der Waals surface area contributed by atoms with Crippen LogP contribution < -0.4 is 0 Å². The smallest absolute Gasteiger partial charge is 0.306 e. The van der Waals surface area contributed by atoms with Crippen LogP contribution in [0.1, 0.15) is 213 Å². The van der Waals surface area contributed by atoms with Gasteiger partial charge in [-0.25, -0.2) is 0 Å². The summed E-state index contributed by atoms with van der Waals surface area (Å²) in [6.07, 6.45) is 67.8. The van der Waals surface area contributed by atoms with E-state index < -0.39 is 6.10 Å². The topological polar surface area (TPSA) is 78.9 Å². The minimum atomic E-state index is -0.811. The van der Waals surface area contributed by atoms with E-state index in [9.17, 15) is 14.4 Å². The summed E-state index contributed by atoms with van der Waals surface area (Å²) in [7, 11) is 0. The number of hydrogen-bond acceptors (Lipinski definition) is 6. The maximum Gasteiger partial charge on any atom is 0.306 e. The standard InChI is InChI=1S/C57H92O6/c1-4-7-10-13-16-19-22-25-28-31-34-37-40-43-46-49-55(58)61-52-54(63-57(60)51-48-45-42-39-36-33-30-27-24-21-18-15-12-9-6-3)53-62-56(59)50-47-44-41-38-35-32-29-26-23-20-17-14-11-8-5-2/h7,9-10,12,16-21,25-30,35,38,54H,4-6,8,11,13-15,22-24,31-34,36-37,39-53H2,1-3H3/b10-7-,12-9-,19-16-,20-17-,21-18-,28-25-,29-26-,30-27-,38-35-/t54-/m0/s1. The van der Waals surface area contributed by atoms with E-state index in [1.165, 1.54) is 25.7 Å². The van der Waals surface area contributed by atoms with E-state index in [4.69, 9.17) is 14.2 Å². The third-order valence-electron chi connectivity index (χ3n) is 10.2. The highest BCUT2D eigenvalue weighted by atomic mass is 16.6. The molecular weight excluding hydrogens is 781 g/mol. The normalized spacial score (nSPS) is 13.0. The Morgan fingerprint density at radius 1 is 0.333 bits per heavy atom. The maximum atomic E-state index is 12.8. The van der Waals surface area contributed by atoms with Crippen LogP contribution in [0.4, 0.5) is 0 Å². The third kappa shape index (κ3) is 49.0. The number of unbranched alkanes of at least 4 members (excludes halogenated alkanes) is 15. The highest BCUT2D eigenvalue weighted by Crippen LogP contribution is 2.12. The molecule has 0 bridgehead atoms. The fourth-order valence-corrected chi connectivity index (χ4v) is 6.48. The van der Waals surface area contributed by atoms with Gasteiger partial charge >= 0.3 is 17.9 Å². The first-order valence-corrected chi connectivity index (χ1v) is 25.4. The Morgan fingerprint density at radius 3 is 1.00 bits per heavy atom. The highest BCUT2D eigenvalue weighted by Gasteiger charge is 2.19. The van der Waals surface area contributed by atoms with E-state index in [1.54, 1.807) is 0 Å². The third-order valence-corrected chi connectivity index (χ3v) is 10.2. The molecule has 0 radical (unpaired) electrons. The molecule has 0 unspecified atom stereocenters. The molecule has 0 aliphatic rings. The molecule has 356 valence electrons. The van der Waals surface area contributed by atoms with Crippen LogP contribution in [0, 0.1) is 0 Å². The zero-order chi connectivity index (χ0) is 45.8. The Kier molecular flexibility index (Phi) is 47.5. The van der Waals surface area contributed by atoms with Gasteiger partial charge in [0.25, 0.3) is 0 Å².